The maximum atomic E-state index is 6.01. The minimum absolute atomic E-state index is 0.0985. The molecule has 0 aliphatic heterocycles. The number of aromatic nitrogens is 1. The summed E-state index contributed by atoms with van der Waals surface area (Å²) in [6.45, 7) is 7.22. The van der Waals surface area contributed by atoms with Gasteiger partial charge in [-0.3, -0.25) is 0 Å². The van der Waals surface area contributed by atoms with Crippen LogP contribution in [0.5, 0.6) is 0 Å². The van der Waals surface area contributed by atoms with Crippen LogP contribution < -0.4 is 10.6 Å². The van der Waals surface area contributed by atoms with Gasteiger partial charge in [0.25, 0.3) is 0 Å². The van der Waals surface area contributed by atoms with Gasteiger partial charge in [0.05, 0.1) is 10.7 Å². The third-order valence-corrected chi connectivity index (χ3v) is 4.87. The number of nitrogens with zero attached hydrogens (tertiary/aromatic N) is 2. The number of hydrogen-bond acceptors (Lipinski definition) is 4. The molecule has 0 amide bonds. The fraction of sp³-hybridized carbons (Fsp3) is 0.500. The minimum Gasteiger partial charge on any atom is -0.378 e. The molecule has 0 spiro atoms. The Kier molecular flexibility index (Phi) is 5.24. The van der Waals surface area contributed by atoms with E-state index >= 15 is 0 Å². The lowest BCUT2D eigenvalue weighted by atomic mass is 9.93. The van der Waals surface area contributed by atoms with Gasteiger partial charge in [0, 0.05) is 43.0 Å². The molecule has 4 heteroatoms. The fourth-order valence-electron chi connectivity index (χ4n) is 2.31. The van der Waals surface area contributed by atoms with Crippen LogP contribution in [0.4, 0.5) is 5.69 Å². The van der Waals surface area contributed by atoms with Crippen molar-refractivity contribution in [3.63, 3.8) is 0 Å². The van der Waals surface area contributed by atoms with Crippen LogP contribution in [0, 0.1) is 0 Å². The van der Waals surface area contributed by atoms with Crippen molar-refractivity contribution in [3.8, 4) is 0 Å². The van der Waals surface area contributed by atoms with Crippen LogP contribution in [0.1, 0.15) is 43.0 Å². The lowest BCUT2D eigenvalue weighted by molar-refractivity contribution is 0.566. The molecule has 0 radical (unpaired) electrons. The molecule has 0 bridgehead atoms. The van der Waals surface area contributed by atoms with E-state index in [0.717, 1.165) is 17.1 Å². The van der Waals surface area contributed by atoms with Crippen LogP contribution in [0.15, 0.2) is 29.6 Å². The monoisotopic (exact) mass is 317 g/mol. The largest absolute Gasteiger partial charge is 0.378 e. The third kappa shape index (κ3) is 4.08. The van der Waals surface area contributed by atoms with Crippen molar-refractivity contribution in [2.75, 3.05) is 25.5 Å². The van der Waals surface area contributed by atoms with Crippen molar-refractivity contribution in [2.45, 2.75) is 38.5 Å². The Morgan fingerprint density at radius 3 is 2.27 bits per heavy atom. The molecule has 1 heterocycles. The summed E-state index contributed by atoms with van der Waals surface area (Å²) in [5, 5.41) is 3.33. The van der Waals surface area contributed by atoms with E-state index in [9.17, 15) is 0 Å². The van der Waals surface area contributed by atoms with E-state index in [-0.39, 0.29) is 5.41 Å². The number of anilines is 1. The Morgan fingerprint density at radius 2 is 1.82 bits per heavy atom. The van der Waals surface area contributed by atoms with Gasteiger partial charge in [-0.25, -0.2) is 4.98 Å². The molecule has 1 aromatic heterocycles. The SMILES string of the molecule is CN(C)c1ccc(CC(CN)c2nc(C(C)(C)C)cs2)cc1. The maximum Gasteiger partial charge on any atom is 0.0975 e. The van der Waals surface area contributed by atoms with Crippen LogP contribution in [0.2, 0.25) is 0 Å². The zero-order valence-electron chi connectivity index (χ0n) is 14.3. The van der Waals surface area contributed by atoms with E-state index in [1.165, 1.54) is 11.3 Å². The standard InChI is InChI=1S/C18H27N3S/c1-18(2,3)16-12-22-17(20-16)14(11-19)10-13-6-8-15(9-7-13)21(4)5/h6-9,12,14H,10-11,19H2,1-5H3. The zero-order chi connectivity index (χ0) is 16.3. The molecule has 3 nitrogen and oxygen atoms in total. The van der Waals surface area contributed by atoms with Crippen molar-refractivity contribution in [2.24, 2.45) is 5.73 Å². The van der Waals surface area contributed by atoms with E-state index in [1.54, 1.807) is 11.3 Å². The second kappa shape index (κ2) is 6.80. The second-order valence-electron chi connectivity index (χ2n) is 7.02. The lowest BCUT2D eigenvalue weighted by Crippen LogP contribution is -2.17. The molecule has 2 aromatic rings. The average molecular weight is 318 g/mol. The molecular weight excluding hydrogens is 290 g/mol. The quantitative estimate of drug-likeness (QED) is 0.912. The smallest absolute Gasteiger partial charge is 0.0975 e. The van der Waals surface area contributed by atoms with Gasteiger partial charge in [-0.1, -0.05) is 32.9 Å². The van der Waals surface area contributed by atoms with Crippen molar-refractivity contribution in [1.29, 1.82) is 0 Å². The summed E-state index contributed by atoms with van der Waals surface area (Å²) in [6, 6.07) is 8.70. The van der Waals surface area contributed by atoms with E-state index in [2.05, 4.69) is 69.4 Å². The van der Waals surface area contributed by atoms with Crippen LogP contribution in [0.25, 0.3) is 0 Å². The molecule has 0 saturated heterocycles. The number of rotatable bonds is 5. The number of benzene rings is 1. The molecule has 2 N–H and O–H groups in total. The van der Waals surface area contributed by atoms with Crippen LogP contribution >= 0.6 is 11.3 Å². The first-order valence-corrected chi connectivity index (χ1v) is 8.61. The molecule has 120 valence electrons. The maximum absolute atomic E-state index is 6.01. The van der Waals surface area contributed by atoms with Gasteiger partial charge in [-0.15, -0.1) is 11.3 Å². The second-order valence-corrected chi connectivity index (χ2v) is 7.91. The number of hydrogen-bond donors (Lipinski definition) is 1. The summed E-state index contributed by atoms with van der Waals surface area (Å²) < 4.78 is 0. The summed E-state index contributed by atoms with van der Waals surface area (Å²) in [4.78, 5) is 6.94. The topological polar surface area (TPSA) is 42.1 Å². The Morgan fingerprint density at radius 1 is 1.18 bits per heavy atom. The summed E-state index contributed by atoms with van der Waals surface area (Å²) in [6.07, 6.45) is 0.946. The lowest BCUT2D eigenvalue weighted by Gasteiger charge is -2.16. The first-order chi connectivity index (χ1) is 10.3. The molecular formula is C18H27N3S. The van der Waals surface area contributed by atoms with E-state index in [1.807, 2.05) is 0 Å². The van der Waals surface area contributed by atoms with Gasteiger partial charge in [-0.05, 0) is 24.1 Å². The van der Waals surface area contributed by atoms with Crippen LogP contribution in [-0.4, -0.2) is 25.6 Å². The van der Waals surface area contributed by atoms with E-state index < -0.39 is 0 Å². The van der Waals surface area contributed by atoms with Crippen molar-refractivity contribution in [1.82, 2.24) is 4.98 Å². The molecule has 0 aliphatic rings. The predicted octanol–water partition coefficient (Wildman–Crippen LogP) is 3.79. The summed E-state index contributed by atoms with van der Waals surface area (Å²) >= 11 is 1.74. The molecule has 0 saturated carbocycles. The van der Waals surface area contributed by atoms with E-state index in [4.69, 9.17) is 10.7 Å². The highest BCUT2D eigenvalue weighted by Crippen LogP contribution is 2.29. The van der Waals surface area contributed by atoms with Gasteiger partial charge in [0.2, 0.25) is 0 Å². The van der Waals surface area contributed by atoms with Crippen LogP contribution in [-0.2, 0) is 11.8 Å². The third-order valence-electron chi connectivity index (χ3n) is 3.86. The summed E-state index contributed by atoms with van der Waals surface area (Å²) in [5.41, 5.74) is 9.80. The van der Waals surface area contributed by atoms with Gasteiger partial charge in [0.1, 0.15) is 0 Å². The highest BCUT2D eigenvalue weighted by atomic mass is 32.1. The Labute approximate surface area is 138 Å². The summed E-state index contributed by atoms with van der Waals surface area (Å²) in [5.74, 6) is 0.298. The first kappa shape index (κ1) is 17.0. The molecule has 0 aliphatic carbocycles. The molecule has 2 rings (SSSR count). The highest BCUT2D eigenvalue weighted by Gasteiger charge is 2.21. The van der Waals surface area contributed by atoms with Crippen molar-refractivity contribution >= 4 is 17.0 Å². The Bertz CT molecular complexity index is 594. The fourth-order valence-corrected chi connectivity index (χ4v) is 3.47. The first-order valence-electron chi connectivity index (χ1n) is 7.73. The highest BCUT2D eigenvalue weighted by molar-refractivity contribution is 7.09. The minimum atomic E-state index is 0.0985. The molecule has 1 aromatic carbocycles. The average Bonchev–Trinajstić information content (AvgIpc) is 2.95. The molecule has 0 fully saturated rings. The number of thiazole rings is 1. The van der Waals surface area contributed by atoms with E-state index in [0.29, 0.717) is 12.5 Å². The molecule has 22 heavy (non-hydrogen) atoms. The molecule has 1 atom stereocenters. The molecule has 1 unspecified atom stereocenters. The van der Waals surface area contributed by atoms with Gasteiger partial charge in [0.15, 0.2) is 0 Å². The normalized spacial score (nSPS) is 13.2. The van der Waals surface area contributed by atoms with Gasteiger partial charge in [-0.2, -0.15) is 0 Å². The van der Waals surface area contributed by atoms with Crippen molar-refractivity contribution in [3.05, 3.63) is 45.9 Å². The van der Waals surface area contributed by atoms with Gasteiger partial charge < -0.3 is 10.6 Å². The Hall–Kier alpha value is -1.39. The van der Waals surface area contributed by atoms with Gasteiger partial charge >= 0.3 is 0 Å². The zero-order valence-corrected chi connectivity index (χ0v) is 15.1. The van der Waals surface area contributed by atoms with Crippen LogP contribution in [0.3, 0.4) is 0 Å². The van der Waals surface area contributed by atoms with Crippen molar-refractivity contribution < 1.29 is 0 Å². The summed E-state index contributed by atoms with van der Waals surface area (Å²) in [7, 11) is 4.11. The predicted molar refractivity (Wildman–Crippen MR) is 97.1 cm³/mol. The Balaban J connectivity index is 2.13. The number of nitrogens with two attached hydrogens (primary N) is 1.